The van der Waals surface area contributed by atoms with Crippen LogP contribution in [-0.2, 0) is 0 Å². The average molecular weight is 363 g/mol. The number of rotatable bonds is 5. The number of nitrogens with zero attached hydrogens (tertiary/aromatic N) is 1. The summed E-state index contributed by atoms with van der Waals surface area (Å²) in [6, 6.07) is 12.1. The molecule has 5 heteroatoms. The van der Waals surface area contributed by atoms with Crippen LogP contribution in [0.5, 0.6) is 23.0 Å². The Labute approximate surface area is 157 Å². The van der Waals surface area contributed by atoms with Gasteiger partial charge in [-0.3, -0.25) is 4.98 Å². The van der Waals surface area contributed by atoms with Gasteiger partial charge in [-0.25, -0.2) is 0 Å². The molecule has 0 atom stereocenters. The van der Waals surface area contributed by atoms with E-state index in [1.165, 1.54) is 0 Å². The number of benzene rings is 3. The molecule has 138 valence electrons. The Morgan fingerprint density at radius 3 is 2.04 bits per heavy atom. The van der Waals surface area contributed by atoms with Crippen molar-refractivity contribution in [2.45, 2.75) is 6.92 Å². The predicted molar refractivity (Wildman–Crippen MR) is 108 cm³/mol. The molecule has 0 aliphatic rings. The van der Waals surface area contributed by atoms with Gasteiger partial charge in [0.15, 0.2) is 23.0 Å². The molecular weight excluding hydrogens is 342 g/mol. The van der Waals surface area contributed by atoms with Crippen LogP contribution in [0.1, 0.15) is 6.92 Å². The maximum atomic E-state index is 5.69. The van der Waals surface area contributed by atoms with Crippen LogP contribution < -0.4 is 18.9 Å². The van der Waals surface area contributed by atoms with E-state index in [4.69, 9.17) is 23.9 Å². The second-order valence-corrected chi connectivity index (χ2v) is 6.17. The van der Waals surface area contributed by atoms with Gasteiger partial charge in [-0.15, -0.1) is 0 Å². The lowest BCUT2D eigenvalue weighted by Gasteiger charge is -2.14. The third kappa shape index (κ3) is 2.76. The number of methoxy groups -OCH3 is 3. The highest BCUT2D eigenvalue weighted by molar-refractivity contribution is 6.16. The second-order valence-electron chi connectivity index (χ2n) is 6.17. The molecule has 0 aliphatic carbocycles. The zero-order valence-electron chi connectivity index (χ0n) is 15.8. The number of aromatic nitrogens is 1. The van der Waals surface area contributed by atoms with Crippen molar-refractivity contribution in [2.24, 2.45) is 0 Å². The Kier molecular flexibility index (Phi) is 4.36. The molecule has 0 N–H and O–H groups in total. The Balaban J connectivity index is 2.05. The molecule has 4 aromatic rings. The molecule has 0 saturated heterocycles. The Hall–Kier alpha value is -3.21. The van der Waals surface area contributed by atoms with Gasteiger partial charge in [0, 0.05) is 22.4 Å². The van der Waals surface area contributed by atoms with E-state index in [1.54, 1.807) is 21.3 Å². The lowest BCUT2D eigenvalue weighted by molar-refractivity contribution is 0.311. The Morgan fingerprint density at radius 2 is 1.33 bits per heavy atom. The first kappa shape index (κ1) is 17.2. The van der Waals surface area contributed by atoms with Crippen molar-refractivity contribution in [3.63, 3.8) is 0 Å². The highest BCUT2D eigenvalue weighted by atomic mass is 16.5. The average Bonchev–Trinajstić information content (AvgIpc) is 2.71. The van der Waals surface area contributed by atoms with Crippen LogP contribution in [0.15, 0.2) is 42.6 Å². The molecule has 0 aliphatic heterocycles. The van der Waals surface area contributed by atoms with Crippen LogP contribution in [-0.4, -0.2) is 32.9 Å². The quantitative estimate of drug-likeness (QED) is 0.469. The van der Waals surface area contributed by atoms with Gasteiger partial charge in [0.2, 0.25) is 0 Å². The van der Waals surface area contributed by atoms with Gasteiger partial charge >= 0.3 is 0 Å². The lowest BCUT2D eigenvalue weighted by Crippen LogP contribution is -1.96. The van der Waals surface area contributed by atoms with Gasteiger partial charge in [0.25, 0.3) is 0 Å². The third-order valence-electron chi connectivity index (χ3n) is 4.75. The van der Waals surface area contributed by atoms with E-state index in [2.05, 4.69) is 12.1 Å². The number of hydrogen-bond donors (Lipinski definition) is 0. The van der Waals surface area contributed by atoms with E-state index >= 15 is 0 Å². The lowest BCUT2D eigenvalue weighted by atomic mass is 10.0. The summed E-state index contributed by atoms with van der Waals surface area (Å²) in [4.78, 5) is 4.73. The summed E-state index contributed by atoms with van der Waals surface area (Å²) in [6.45, 7) is 2.53. The smallest absolute Gasteiger partial charge is 0.161 e. The zero-order chi connectivity index (χ0) is 19.0. The van der Waals surface area contributed by atoms with Crippen molar-refractivity contribution in [3.8, 4) is 23.0 Å². The summed E-state index contributed by atoms with van der Waals surface area (Å²) in [6.07, 6.45) is 1.87. The summed E-state index contributed by atoms with van der Waals surface area (Å²) >= 11 is 0. The van der Waals surface area contributed by atoms with Crippen molar-refractivity contribution in [3.05, 3.63) is 42.6 Å². The van der Waals surface area contributed by atoms with E-state index in [0.717, 1.165) is 38.2 Å². The van der Waals surface area contributed by atoms with E-state index in [9.17, 15) is 0 Å². The molecule has 0 saturated carbocycles. The van der Waals surface area contributed by atoms with Crippen molar-refractivity contribution in [1.29, 1.82) is 0 Å². The topological polar surface area (TPSA) is 49.8 Å². The normalized spacial score (nSPS) is 11.1. The number of ether oxygens (including phenoxy) is 4. The number of pyridine rings is 1. The Morgan fingerprint density at radius 1 is 0.704 bits per heavy atom. The molecule has 1 heterocycles. The van der Waals surface area contributed by atoms with E-state index < -0.39 is 0 Å². The van der Waals surface area contributed by atoms with E-state index in [1.807, 2.05) is 37.4 Å². The molecule has 4 rings (SSSR count). The van der Waals surface area contributed by atoms with Crippen LogP contribution >= 0.6 is 0 Å². The van der Waals surface area contributed by atoms with Gasteiger partial charge < -0.3 is 18.9 Å². The maximum Gasteiger partial charge on any atom is 0.161 e. The Bertz CT molecular complexity index is 1150. The maximum absolute atomic E-state index is 5.69. The van der Waals surface area contributed by atoms with Gasteiger partial charge in [-0.05, 0) is 42.0 Å². The zero-order valence-corrected chi connectivity index (χ0v) is 15.8. The molecule has 3 aromatic carbocycles. The first-order valence-corrected chi connectivity index (χ1v) is 8.78. The summed E-state index contributed by atoms with van der Waals surface area (Å²) < 4.78 is 22.1. The van der Waals surface area contributed by atoms with Gasteiger partial charge in [-0.1, -0.05) is 12.1 Å². The number of fused-ring (bicyclic) bond motifs is 5. The highest BCUT2D eigenvalue weighted by Crippen LogP contribution is 2.39. The van der Waals surface area contributed by atoms with Crippen molar-refractivity contribution in [2.75, 3.05) is 27.9 Å². The van der Waals surface area contributed by atoms with Gasteiger partial charge in [-0.2, -0.15) is 0 Å². The third-order valence-corrected chi connectivity index (χ3v) is 4.75. The fourth-order valence-corrected chi connectivity index (χ4v) is 3.47. The predicted octanol–water partition coefficient (Wildman–Crippen LogP) is 4.97. The van der Waals surface area contributed by atoms with Gasteiger partial charge in [0.1, 0.15) is 0 Å². The summed E-state index contributed by atoms with van der Waals surface area (Å²) in [5.74, 6) is 2.82. The molecular formula is C22H21NO4. The summed E-state index contributed by atoms with van der Waals surface area (Å²) in [5.41, 5.74) is 0.909. The molecule has 0 fully saturated rings. The molecule has 0 spiro atoms. The minimum absolute atomic E-state index is 0.579. The molecule has 27 heavy (non-hydrogen) atoms. The molecule has 0 bridgehead atoms. The van der Waals surface area contributed by atoms with Gasteiger partial charge in [0.05, 0.1) is 33.5 Å². The fraction of sp³-hybridized carbons (Fsp3) is 0.227. The fourth-order valence-electron chi connectivity index (χ4n) is 3.47. The van der Waals surface area contributed by atoms with Crippen LogP contribution in [0.4, 0.5) is 0 Å². The molecule has 0 radical (unpaired) electrons. The van der Waals surface area contributed by atoms with Crippen LogP contribution in [0.3, 0.4) is 0 Å². The molecule has 0 unspecified atom stereocenters. The SMILES string of the molecule is CCOc1cc2cnc3c4cc(OC)c(OC)cc4ccc3c2cc1OC. The van der Waals surface area contributed by atoms with Crippen molar-refractivity contribution >= 4 is 32.4 Å². The van der Waals surface area contributed by atoms with Crippen LogP contribution in [0.2, 0.25) is 0 Å². The first-order valence-electron chi connectivity index (χ1n) is 8.78. The summed E-state index contributed by atoms with van der Waals surface area (Å²) in [7, 11) is 4.93. The second kappa shape index (κ2) is 6.83. The molecule has 0 amide bonds. The largest absolute Gasteiger partial charge is 0.493 e. The standard InChI is InChI=1S/C22H21NO4/c1-5-27-21-9-14-12-23-22-15(16(14)10-20(21)26-4)7-6-13-8-18(24-2)19(25-3)11-17(13)22/h6-12H,5H2,1-4H3. The van der Waals surface area contributed by atoms with Crippen LogP contribution in [0, 0.1) is 0 Å². The minimum Gasteiger partial charge on any atom is -0.493 e. The van der Waals surface area contributed by atoms with Crippen molar-refractivity contribution < 1.29 is 18.9 Å². The van der Waals surface area contributed by atoms with Crippen molar-refractivity contribution in [1.82, 2.24) is 4.98 Å². The molecule has 5 nitrogen and oxygen atoms in total. The minimum atomic E-state index is 0.579. The molecule has 1 aromatic heterocycles. The number of hydrogen-bond acceptors (Lipinski definition) is 5. The summed E-state index contributed by atoms with van der Waals surface area (Å²) in [5, 5.41) is 5.18. The highest BCUT2D eigenvalue weighted by Gasteiger charge is 2.13. The first-order chi connectivity index (χ1) is 13.2. The van der Waals surface area contributed by atoms with E-state index in [-0.39, 0.29) is 0 Å². The van der Waals surface area contributed by atoms with E-state index in [0.29, 0.717) is 23.9 Å². The van der Waals surface area contributed by atoms with Crippen LogP contribution in [0.25, 0.3) is 32.4 Å². The monoisotopic (exact) mass is 363 g/mol.